The Balaban J connectivity index is 0.00000147. The maximum atomic E-state index is 5.80. The number of rotatable bonds is 2. The minimum Gasteiger partial charge on any atom is -0.372 e. The Morgan fingerprint density at radius 3 is 2.95 bits per heavy atom. The van der Waals surface area contributed by atoms with Gasteiger partial charge in [-0.15, -0.1) is 12.4 Å². The summed E-state index contributed by atoms with van der Waals surface area (Å²) in [4.78, 5) is 4.26. The van der Waals surface area contributed by atoms with Gasteiger partial charge in [0.15, 0.2) is 0 Å². The maximum absolute atomic E-state index is 5.80. The molecule has 0 unspecified atom stereocenters. The second-order valence-electron chi connectivity index (χ2n) is 4.90. The van der Waals surface area contributed by atoms with Crippen LogP contribution in [-0.2, 0) is 11.2 Å². The first-order chi connectivity index (χ1) is 9.29. The molecule has 0 saturated heterocycles. The van der Waals surface area contributed by atoms with E-state index in [0.717, 1.165) is 18.7 Å². The van der Waals surface area contributed by atoms with Crippen molar-refractivity contribution in [2.45, 2.75) is 19.4 Å². The number of hydrogen-bond donors (Lipinski definition) is 1. The molecule has 1 aromatic carbocycles. The fourth-order valence-electron chi connectivity index (χ4n) is 2.76. The van der Waals surface area contributed by atoms with Crippen molar-refractivity contribution in [2.24, 2.45) is 5.73 Å². The summed E-state index contributed by atoms with van der Waals surface area (Å²) in [6, 6.07) is 10.6. The van der Waals surface area contributed by atoms with Crippen LogP contribution in [-0.4, -0.2) is 18.1 Å². The molecular weight excluding hydrogens is 272 g/mol. The van der Waals surface area contributed by atoms with Crippen LogP contribution in [0.15, 0.2) is 36.5 Å². The molecule has 2 heterocycles. The third-order valence-electron chi connectivity index (χ3n) is 3.65. The van der Waals surface area contributed by atoms with Gasteiger partial charge in [0.25, 0.3) is 0 Å². The molecule has 20 heavy (non-hydrogen) atoms. The Labute approximate surface area is 125 Å². The molecule has 0 aliphatic carbocycles. The highest BCUT2D eigenvalue weighted by molar-refractivity contribution is 5.85. The van der Waals surface area contributed by atoms with Crippen LogP contribution in [0.5, 0.6) is 0 Å². The number of aromatic nitrogens is 1. The molecule has 1 aliphatic rings. The number of aryl methyl sites for hydroxylation is 1. The molecule has 0 saturated carbocycles. The number of pyridine rings is 1. The zero-order chi connectivity index (χ0) is 13.2. The zero-order valence-corrected chi connectivity index (χ0v) is 12.3. The zero-order valence-electron chi connectivity index (χ0n) is 11.5. The number of nitrogens with zero attached hydrogens (tertiary/aromatic N) is 1. The largest absolute Gasteiger partial charge is 0.372 e. The first kappa shape index (κ1) is 15.0. The summed E-state index contributed by atoms with van der Waals surface area (Å²) >= 11 is 0. The Morgan fingerprint density at radius 2 is 2.20 bits per heavy atom. The van der Waals surface area contributed by atoms with Crippen molar-refractivity contribution in [3.63, 3.8) is 0 Å². The number of hydrogen-bond acceptors (Lipinski definition) is 3. The van der Waals surface area contributed by atoms with E-state index in [1.165, 1.54) is 22.3 Å². The van der Waals surface area contributed by atoms with E-state index < -0.39 is 0 Å². The van der Waals surface area contributed by atoms with Crippen LogP contribution in [0.2, 0.25) is 0 Å². The smallest absolute Gasteiger partial charge is 0.0950 e. The second kappa shape index (κ2) is 6.35. The highest BCUT2D eigenvalue weighted by Gasteiger charge is 2.21. The summed E-state index contributed by atoms with van der Waals surface area (Å²) in [7, 11) is 0. The second-order valence-corrected chi connectivity index (χ2v) is 4.90. The molecule has 1 aromatic heterocycles. The van der Waals surface area contributed by atoms with E-state index in [-0.39, 0.29) is 18.5 Å². The van der Waals surface area contributed by atoms with Gasteiger partial charge in [0, 0.05) is 18.4 Å². The van der Waals surface area contributed by atoms with Crippen molar-refractivity contribution < 1.29 is 4.74 Å². The van der Waals surface area contributed by atoms with E-state index >= 15 is 0 Å². The summed E-state index contributed by atoms with van der Waals surface area (Å²) in [5.74, 6) is 0. The van der Waals surface area contributed by atoms with E-state index in [4.69, 9.17) is 10.5 Å². The average Bonchev–Trinajstić information content (AvgIpc) is 2.46. The molecular formula is C16H19ClN2O. The van der Waals surface area contributed by atoms with Crippen molar-refractivity contribution in [1.29, 1.82) is 0 Å². The lowest BCUT2D eigenvalue weighted by atomic mass is 9.90. The molecule has 4 heteroatoms. The summed E-state index contributed by atoms with van der Waals surface area (Å²) in [5.41, 5.74) is 11.9. The Kier molecular flexibility index (Phi) is 4.76. The number of ether oxygens (including phenoxy) is 1. The van der Waals surface area contributed by atoms with Gasteiger partial charge in [-0.2, -0.15) is 0 Å². The topological polar surface area (TPSA) is 48.1 Å². The van der Waals surface area contributed by atoms with Crippen LogP contribution in [0.25, 0.3) is 11.1 Å². The number of nitrogens with two attached hydrogens (primary N) is 1. The molecule has 0 spiro atoms. The fraction of sp³-hybridized carbons (Fsp3) is 0.312. The van der Waals surface area contributed by atoms with E-state index in [2.05, 4.69) is 35.3 Å². The molecule has 1 atom stereocenters. The Hall–Kier alpha value is -1.42. The lowest BCUT2D eigenvalue weighted by Gasteiger charge is -2.27. The molecule has 106 valence electrons. The third kappa shape index (κ3) is 2.70. The van der Waals surface area contributed by atoms with Crippen molar-refractivity contribution >= 4 is 12.4 Å². The Bertz CT molecular complexity index is 601. The van der Waals surface area contributed by atoms with Crippen molar-refractivity contribution in [3.8, 4) is 11.1 Å². The van der Waals surface area contributed by atoms with Crippen LogP contribution in [0.3, 0.4) is 0 Å². The molecule has 0 fully saturated rings. The van der Waals surface area contributed by atoms with E-state index in [0.29, 0.717) is 6.54 Å². The van der Waals surface area contributed by atoms with Gasteiger partial charge in [0.2, 0.25) is 0 Å². The summed E-state index contributed by atoms with van der Waals surface area (Å²) in [6.45, 7) is 3.30. The van der Waals surface area contributed by atoms with Gasteiger partial charge in [0.05, 0.1) is 12.7 Å². The molecule has 0 radical (unpaired) electrons. The van der Waals surface area contributed by atoms with Gasteiger partial charge in [-0.05, 0) is 47.7 Å². The highest BCUT2D eigenvalue weighted by atomic mass is 35.5. The molecule has 0 amide bonds. The fourth-order valence-corrected chi connectivity index (χ4v) is 2.76. The van der Waals surface area contributed by atoms with Crippen LogP contribution >= 0.6 is 12.4 Å². The van der Waals surface area contributed by atoms with Crippen molar-refractivity contribution in [1.82, 2.24) is 4.98 Å². The molecule has 0 bridgehead atoms. The van der Waals surface area contributed by atoms with Gasteiger partial charge in [-0.25, -0.2) is 0 Å². The van der Waals surface area contributed by atoms with E-state index in [9.17, 15) is 0 Å². The molecule has 3 rings (SSSR count). The third-order valence-corrected chi connectivity index (χ3v) is 3.65. The van der Waals surface area contributed by atoms with E-state index in [1.54, 1.807) is 0 Å². The lowest BCUT2D eigenvalue weighted by Crippen LogP contribution is -2.23. The highest BCUT2D eigenvalue weighted by Crippen LogP contribution is 2.34. The van der Waals surface area contributed by atoms with Crippen molar-refractivity contribution in [3.05, 3.63) is 53.3 Å². The van der Waals surface area contributed by atoms with Crippen LogP contribution < -0.4 is 5.73 Å². The Morgan fingerprint density at radius 1 is 1.35 bits per heavy atom. The van der Waals surface area contributed by atoms with Gasteiger partial charge in [0.1, 0.15) is 0 Å². The summed E-state index contributed by atoms with van der Waals surface area (Å²) < 4.78 is 5.73. The van der Waals surface area contributed by atoms with Crippen molar-refractivity contribution in [2.75, 3.05) is 13.2 Å². The molecule has 3 nitrogen and oxygen atoms in total. The van der Waals surface area contributed by atoms with Crippen LogP contribution in [0.1, 0.15) is 22.9 Å². The van der Waals surface area contributed by atoms with Gasteiger partial charge < -0.3 is 10.5 Å². The van der Waals surface area contributed by atoms with Crippen LogP contribution in [0.4, 0.5) is 0 Å². The number of benzene rings is 1. The SMILES string of the molecule is Cc1cc(-c2cccc3c2CCO[C@H]3CN)ccn1.Cl. The van der Waals surface area contributed by atoms with Gasteiger partial charge in [-0.3, -0.25) is 4.98 Å². The monoisotopic (exact) mass is 290 g/mol. The number of fused-ring (bicyclic) bond motifs is 1. The first-order valence-corrected chi connectivity index (χ1v) is 6.66. The summed E-state index contributed by atoms with van der Waals surface area (Å²) in [5, 5.41) is 0. The molecule has 2 aromatic rings. The van der Waals surface area contributed by atoms with Gasteiger partial charge in [-0.1, -0.05) is 18.2 Å². The number of halogens is 1. The van der Waals surface area contributed by atoms with E-state index in [1.807, 2.05) is 13.1 Å². The standard InChI is InChI=1S/C16H18N2O.ClH/c1-11-9-12(5-7-18-11)13-3-2-4-15-14(13)6-8-19-16(15)10-17;/h2-5,7,9,16H,6,8,10,17H2,1H3;1H/t16-;/m0./s1. The van der Waals surface area contributed by atoms with Crippen LogP contribution in [0, 0.1) is 6.92 Å². The maximum Gasteiger partial charge on any atom is 0.0950 e. The normalized spacial score (nSPS) is 17.2. The minimum atomic E-state index is 0. The predicted octanol–water partition coefficient (Wildman–Crippen LogP) is 3.05. The quantitative estimate of drug-likeness (QED) is 0.925. The first-order valence-electron chi connectivity index (χ1n) is 6.66. The minimum absolute atomic E-state index is 0. The van der Waals surface area contributed by atoms with Gasteiger partial charge >= 0.3 is 0 Å². The predicted molar refractivity (Wildman–Crippen MR) is 83.1 cm³/mol. The lowest BCUT2D eigenvalue weighted by molar-refractivity contribution is 0.0486. The average molecular weight is 291 g/mol. The summed E-state index contributed by atoms with van der Waals surface area (Å²) in [6.07, 6.45) is 2.85. The molecule has 2 N–H and O–H groups in total. The molecule has 1 aliphatic heterocycles.